The van der Waals surface area contributed by atoms with E-state index < -0.39 is 0 Å². The number of quaternary nitrogens is 1. The SMILES string of the molecule is CCCCCCCCCCCCCCCCCCOCC(CSCCOCCOCC[N+](C)(C)C)Oc1ncccn1. The van der Waals surface area contributed by atoms with Gasteiger partial charge in [-0.25, -0.2) is 9.97 Å². The van der Waals surface area contributed by atoms with Gasteiger partial charge in [0, 0.05) is 30.5 Å². The van der Waals surface area contributed by atoms with Gasteiger partial charge in [0.15, 0.2) is 0 Å². The molecule has 0 aliphatic heterocycles. The fraction of sp³-hybridized carbons (Fsp3) is 0.882. The lowest BCUT2D eigenvalue weighted by atomic mass is 10.0. The molecule has 1 rings (SSSR count). The second-order valence-corrected chi connectivity index (χ2v) is 13.6. The summed E-state index contributed by atoms with van der Waals surface area (Å²) in [5.41, 5.74) is 0. The van der Waals surface area contributed by atoms with E-state index in [1.165, 1.54) is 96.3 Å². The molecule has 0 saturated heterocycles. The third-order valence-corrected chi connectivity index (χ3v) is 8.28. The van der Waals surface area contributed by atoms with E-state index in [0.717, 1.165) is 42.2 Å². The molecule has 0 aromatic carbocycles. The van der Waals surface area contributed by atoms with Crippen molar-refractivity contribution >= 4 is 11.8 Å². The number of hydrogen-bond donors (Lipinski definition) is 0. The topological polar surface area (TPSA) is 62.7 Å². The Hall–Kier alpha value is -0.930. The highest BCUT2D eigenvalue weighted by molar-refractivity contribution is 7.99. The van der Waals surface area contributed by atoms with Crippen LogP contribution in [0, 0.1) is 0 Å². The number of ether oxygens (including phenoxy) is 4. The first-order valence-electron chi connectivity index (χ1n) is 17.1. The monoisotopic (exact) mass is 612 g/mol. The van der Waals surface area contributed by atoms with Crippen molar-refractivity contribution in [1.29, 1.82) is 0 Å². The van der Waals surface area contributed by atoms with Gasteiger partial charge in [0.1, 0.15) is 12.6 Å². The van der Waals surface area contributed by atoms with Crippen molar-refractivity contribution in [2.45, 2.75) is 116 Å². The molecule has 1 aromatic rings. The van der Waals surface area contributed by atoms with Gasteiger partial charge in [-0.05, 0) is 12.5 Å². The van der Waals surface area contributed by atoms with Crippen LogP contribution < -0.4 is 4.74 Å². The van der Waals surface area contributed by atoms with E-state index in [1.807, 2.05) is 11.8 Å². The molecule has 42 heavy (non-hydrogen) atoms. The van der Waals surface area contributed by atoms with Crippen LogP contribution in [0.4, 0.5) is 0 Å². The van der Waals surface area contributed by atoms with Crippen LogP contribution in [0.15, 0.2) is 18.5 Å². The normalized spacial score (nSPS) is 12.6. The Bertz CT molecular complexity index is 679. The minimum Gasteiger partial charge on any atom is -0.457 e. The zero-order chi connectivity index (χ0) is 30.4. The van der Waals surface area contributed by atoms with Crippen molar-refractivity contribution in [3.63, 3.8) is 0 Å². The van der Waals surface area contributed by atoms with Gasteiger partial charge in [-0.1, -0.05) is 103 Å². The van der Waals surface area contributed by atoms with Gasteiger partial charge in [-0.15, -0.1) is 0 Å². The molecule has 0 spiro atoms. The Morgan fingerprint density at radius 3 is 1.71 bits per heavy atom. The van der Waals surface area contributed by atoms with Gasteiger partial charge in [0.2, 0.25) is 0 Å². The summed E-state index contributed by atoms with van der Waals surface area (Å²) in [6, 6.07) is 2.21. The van der Waals surface area contributed by atoms with Gasteiger partial charge in [0.25, 0.3) is 0 Å². The standard InChI is InChI=1S/C34H66N3O4S/c1-5-6-7-8-9-10-11-12-13-14-15-16-17-18-19-20-25-40-31-33(41-34-35-22-21-23-36-34)32-42-30-29-39-28-27-38-26-24-37(2,3)4/h21-23,33H,5-20,24-32H2,1-4H3/q+1. The van der Waals surface area contributed by atoms with Crippen LogP contribution in [0.3, 0.4) is 0 Å². The van der Waals surface area contributed by atoms with Gasteiger partial charge >= 0.3 is 6.01 Å². The molecule has 0 amide bonds. The fourth-order valence-electron chi connectivity index (χ4n) is 4.57. The second kappa shape index (κ2) is 28.8. The summed E-state index contributed by atoms with van der Waals surface area (Å²) in [7, 11) is 6.51. The van der Waals surface area contributed by atoms with Crippen molar-refractivity contribution in [2.75, 3.05) is 78.8 Å². The predicted octanol–water partition coefficient (Wildman–Crippen LogP) is 7.97. The average Bonchev–Trinajstić information content (AvgIpc) is 2.97. The van der Waals surface area contributed by atoms with Crippen LogP contribution in [0.2, 0.25) is 0 Å². The Morgan fingerprint density at radius 2 is 1.17 bits per heavy atom. The summed E-state index contributed by atoms with van der Waals surface area (Å²) in [5, 5.41) is 0. The van der Waals surface area contributed by atoms with Crippen LogP contribution in [-0.4, -0.2) is 99.4 Å². The number of unbranched alkanes of at least 4 members (excludes halogenated alkanes) is 15. The zero-order valence-electron chi connectivity index (χ0n) is 27.9. The van der Waals surface area contributed by atoms with E-state index in [1.54, 1.807) is 18.5 Å². The van der Waals surface area contributed by atoms with Crippen LogP contribution >= 0.6 is 11.8 Å². The molecule has 0 aliphatic carbocycles. The summed E-state index contributed by atoms with van der Waals surface area (Å²) in [6.45, 7) is 7.40. The van der Waals surface area contributed by atoms with Gasteiger partial charge in [-0.2, -0.15) is 11.8 Å². The summed E-state index contributed by atoms with van der Waals surface area (Å²) in [5.74, 6) is 1.73. The van der Waals surface area contributed by atoms with Gasteiger partial charge in [0.05, 0.1) is 54.2 Å². The summed E-state index contributed by atoms with van der Waals surface area (Å²) >= 11 is 1.81. The third kappa shape index (κ3) is 27.9. The molecule has 7 nitrogen and oxygen atoms in total. The molecule has 1 atom stereocenters. The molecule has 0 N–H and O–H groups in total. The average molecular weight is 613 g/mol. The molecular weight excluding hydrogens is 546 g/mol. The first-order chi connectivity index (χ1) is 20.5. The fourth-order valence-corrected chi connectivity index (χ4v) is 5.40. The zero-order valence-corrected chi connectivity index (χ0v) is 28.7. The maximum Gasteiger partial charge on any atom is 0.316 e. The Morgan fingerprint density at radius 1 is 0.643 bits per heavy atom. The van der Waals surface area contributed by atoms with Crippen molar-refractivity contribution in [3.8, 4) is 6.01 Å². The number of likely N-dealkylation sites (N-methyl/N-ethyl adjacent to an activating group) is 1. The van der Waals surface area contributed by atoms with Crippen molar-refractivity contribution < 1.29 is 23.4 Å². The summed E-state index contributed by atoms with van der Waals surface area (Å²) in [6.07, 6.45) is 25.4. The highest BCUT2D eigenvalue weighted by Crippen LogP contribution is 2.14. The molecule has 0 saturated carbocycles. The van der Waals surface area contributed by atoms with Gasteiger partial charge < -0.3 is 23.4 Å². The lowest BCUT2D eigenvalue weighted by Crippen LogP contribution is -2.37. The molecule has 1 unspecified atom stereocenters. The van der Waals surface area contributed by atoms with Crippen LogP contribution in [0.25, 0.3) is 0 Å². The molecule has 0 aliphatic rings. The molecular formula is C34H66N3O4S+. The molecule has 8 heteroatoms. The lowest BCUT2D eigenvalue weighted by molar-refractivity contribution is -0.870. The lowest BCUT2D eigenvalue weighted by Gasteiger charge is -2.23. The predicted molar refractivity (Wildman–Crippen MR) is 179 cm³/mol. The van der Waals surface area contributed by atoms with E-state index in [-0.39, 0.29) is 6.10 Å². The van der Waals surface area contributed by atoms with Crippen molar-refractivity contribution in [1.82, 2.24) is 9.97 Å². The van der Waals surface area contributed by atoms with E-state index in [4.69, 9.17) is 18.9 Å². The Balaban J connectivity index is 2.00. The minimum atomic E-state index is -0.0719. The molecule has 0 radical (unpaired) electrons. The first kappa shape index (κ1) is 39.1. The van der Waals surface area contributed by atoms with Gasteiger partial charge in [-0.3, -0.25) is 0 Å². The highest BCUT2D eigenvalue weighted by Gasteiger charge is 2.13. The smallest absolute Gasteiger partial charge is 0.316 e. The molecule has 246 valence electrons. The molecule has 1 heterocycles. The van der Waals surface area contributed by atoms with E-state index in [2.05, 4.69) is 38.0 Å². The number of nitrogens with zero attached hydrogens (tertiary/aromatic N) is 3. The molecule has 1 aromatic heterocycles. The summed E-state index contributed by atoms with van der Waals surface area (Å²) in [4.78, 5) is 8.44. The molecule has 0 fully saturated rings. The van der Waals surface area contributed by atoms with Crippen molar-refractivity contribution in [2.24, 2.45) is 0 Å². The van der Waals surface area contributed by atoms with Crippen LogP contribution in [0.1, 0.15) is 110 Å². The van der Waals surface area contributed by atoms with E-state index >= 15 is 0 Å². The number of thioether (sulfide) groups is 1. The summed E-state index contributed by atoms with van der Waals surface area (Å²) < 4.78 is 24.3. The third-order valence-electron chi connectivity index (χ3n) is 7.21. The number of hydrogen-bond acceptors (Lipinski definition) is 7. The van der Waals surface area contributed by atoms with Crippen LogP contribution in [-0.2, 0) is 14.2 Å². The first-order valence-corrected chi connectivity index (χ1v) is 18.2. The van der Waals surface area contributed by atoms with Crippen molar-refractivity contribution in [3.05, 3.63) is 18.5 Å². The van der Waals surface area contributed by atoms with Crippen LogP contribution in [0.5, 0.6) is 6.01 Å². The minimum absolute atomic E-state index is 0.0719. The number of aromatic nitrogens is 2. The Kier molecular flexibility index (Phi) is 26.8. The quantitative estimate of drug-likeness (QED) is 0.0604. The maximum atomic E-state index is 6.02. The second-order valence-electron chi connectivity index (χ2n) is 12.5. The molecule has 0 bridgehead atoms. The Labute approximate surface area is 263 Å². The largest absolute Gasteiger partial charge is 0.457 e. The highest BCUT2D eigenvalue weighted by atomic mass is 32.2. The number of rotatable bonds is 32. The van der Waals surface area contributed by atoms with E-state index in [9.17, 15) is 0 Å². The van der Waals surface area contributed by atoms with E-state index in [0.29, 0.717) is 32.4 Å². The maximum absolute atomic E-state index is 6.02.